The Morgan fingerprint density at radius 3 is 2.20 bits per heavy atom. The molecule has 3 heteroatoms. The predicted octanol–water partition coefficient (Wildman–Crippen LogP) is 3.45. The Balaban J connectivity index is 1.73. The molecule has 1 aliphatic heterocycles. The van der Waals surface area contributed by atoms with Crippen molar-refractivity contribution in [1.82, 2.24) is 0 Å². The molecule has 0 amide bonds. The van der Waals surface area contributed by atoms with Crippen molar-refractivity contribution in [3.63, 3.8) is 0 Å². The number of anilines is 1. The molecule has 1 saturated heterocycles. The first-order chi connectivity index (χ1) is 9.74. The summed E-state index contributed by atoms with van der Waals surface area (Å²) in [7, 11) is 0. The quantitative estimate of drug-likeness (QED) is 0.865. The van der Waals surface area contributed by atoms with Gasteiger partial charge < -0.3 is 15.2 Å². The van der Waals surface area contributed by atoms with Gasteiger partial charge in [0, 0.05) is 11.3 Å². The summed E-state index contributed by atoms with van der Waals surface area (Å²) >= 11 is 0. The van der Waals surface area contributed by atoms with Crippen molar-refractivity contribution in [2.24, 2.45) is 0 Å². The smallest absolute Gasteiger partial charge is 0.190 e. The summed E-state index contributed by atoms with van der Waals surface area (Å²) in [6.45, 7) is 1.91. The summed E-state index contributed by atoms with van der Waals surface area (Å²) in [6, 6.07) is 16.3. The van der Waals surface area contributed by atoms with Crippen molar-refractivity contribution < 1.29 is 9.47 Å². The van der Waals surface area contributed by atoms with E-state index in [1.807, 2.05) is 31.2 Å². The van der Waals surface area contributed by atoms with E-state index in [1.54, 1.807) is 0 Å². The Hall–Kier alpha value is -1.84. The molecule has 0 atom stereocenters. The number of hydrogen-bond donors (Lipinski definition) is 1. The maximum atomic E-state index is 5.99. The van der Waals surface area contributed by atoms with Crippen LogP contribution in [0.3, 0.4) is 0 Å². The molecule has 0 spiro atoms. The van der Waals surface area contributed by atoms with Crippen LogP contribution < -0.4 is 5.73 Å². The summed E-state index contributed by atoms with van der Waals surface area (Å²) in [4.78, 5) is 0. The first-order valence-corrected chi connectivity index (χ1v) is 6.96. The van der Waals surface area contributed by atoms with Crippen LogP contribution >= 0.6 is 0 Å². The molecule has 1 fully saturated rings. The highest BCUT2D eigenvalue weighted by Gasteiger charge is 2.29. The van der Waals surface area contributed by atoms with Gasteiger partial charge >= 0.3 is 0 Å². The lowest BCUT2D eigenvalue weighted by Crippen LogP contribution is -2.32. The standard InChI is InChI=1S/C17H19NO2/c1-12-19-17(20-12)15-8-4-2-6-13(15)10-11-14-7-3-5-9-16(14)18/h2-9,12,17H,10-11,18H2,1H3. The van der Waals surface area contributed by atoms with Crippen LogP contribution in [0.2, 0.25) is 0 Å². The minimum atomic E-state index is -0.214. The molecule has 0 bridgehead atoms. The van der Waals surface area contributed by atoms with E-state index >= 15 is 0 Å². The summed E-state index contributed by atoms with van der Waals surface area (Å²) < 4.78 is 11.2. The van der Waals surface area contributed by atoms with Gasteiger partial charge in [0.2, 0.25) is 0 Å². The fraction of sp³-hybridized carbons (Fsp3) is 0.294. The molecule has 3 nitrogen and oxygen atoms in total. The van der Waals surface area contributed by atoms with Crippen LogP contribution in [0.1, 0.15) is 29.9 Å². The number of ether oxygens (including phenoxy) is 2. The van der Waals surface area contributed by atoms with Crippen molar-refractivity contribution in [2.75, 3.05) is 5.73 Å². The fourth-order valence-corrected chi connectivity index (χ4v) is 2.53. The monoisotopic (exact) mass is 269 g/mol. The molecule has 2 N–H and O–H groups in total. The van der Waals surface area contributed by atoms with Crippen molar-refractivity contribution in [1.29, 1.82) is 0 Å². The molecule has 1 aliphatic rings. The van der Waals surface area contributed by atoms with Crippen LogP contribution in [-0.4, -0.2) is 6.29 Å². The second-order valence-corrected chi connectivity index (χ2v) is 5.07. The molecule has 104 valence electrons. The van der Waals surface area contributed by atoms with Crippen LogP contribution in [0.4, 0.5) is 5.69 Å². The number of benzene rings is 2. The largest absolute Gasteiger partial charge is 0.399 e. The number of para-hydroxylation sites is 1. The molecular formula is C17H19NO2. The van der Waals surface area contributed by atoms with E-state index in [9.17, 15) is 0 Å². The van der Waals surface area contributed by atoms with Gasteiger partial charge in [-0.15, -0.1) is 0 Å². The Morgan fingerprint density at radius 1 is 0.900 bits per heavy atom. The van der Waals surface area contributed by atoms with E-state index in [-0.39, 0.29) is 12.6 Å². The number of hydrogen-bond acceptors (Lipinski definition) is 3. The highest BCUT2D eigenvalue weighted by atomic mass is 16.9. The van der Waals surface area contributed by atoms with E-state index in [0.717, 1.165) is 24.1 Å². The number of nitrogen functional groups attached to an aromatic ring is 1. The molecular weight excluding hydrogens is 250 g/mol. The van der Waals surface area contributed by atoms with Gasteiger partial charge in [-0.25, -0.2) is 0 Å². The van der Waals surface area contributed by atoms with Crippen LogP contribution in [0.25, 0.3) is 0 Å². The van der Waals surface area contributed by atoms with Gasteiger partial charge in [0.1, 0.15) is 0 Å². The number of aryl methyl sites for hydroxylation is 2. The van der Waals surface area contributed by atoms with E-state index in [1.165, 1.54) is 11.1 Å². The molecule has 0 saturated carbocycles. The summed E-state index contributed by atoms with van der Waals surface area (Å²) in [5.41, 5.74) is 10.4. The summed E-state index contributed by atoms with van der Waals surface area (Å²) in [5.74, 6) is 0. The van der Waals surface area contributed by atoms with Gasteiger partial charge in [0.15, 0.2) is 12.6 Å². The zero-order valence-electron chi connectivity index (χ0n) is 11.6. The van der Waals surface area contributed by atoms with E-state index in [4.69, 9.17) is 15.2 Å². The van der Waals surface area contributed by atoms with E-state index in [2.05, 4.69) is 24.3 Å². The first-order valence-electron chi connectivity index (χ1n) is 6.96. The SMILES string of the molecule is CC1OC(c2ccccc2CCc2ccccc2N)O1. The van der Waals surface area contributed by atoms with Crippen LogP contribution in [0.15, 0.2) is 48.5 Å². The minimum Gasteiger partial charge on any atom is -0.399 e. The number of nitrogens with two attached hydrogens (primary N) is 1. The first kappa shape index (κ1) is 13.2. The Kier molecular flexibility index (Phi) is 3.72. The zero-order chi connectivity index (χ0) is 13.9. The highest BCUT2D eigenvalue weighted by Crippen LogP contribution is 2.33. The lowest BCUT2D eigenvalue weighted by atomic mass is 9.98. The molecule has 0 aliphatic carbocycles. The lowest BCUT2D eigenvalue weighted by molar-refractivity contribution is -0.382. The molecule has 3 rings (SSSR count). The van der Waals surface area contributed by atoms with Gasteiger partial charge in [0.25, 0.3) is 0 Å². The van der Waals surface area contributed by atoms with Gasteiger partial charge in [-0.2, -0.15) is 0 Å². The van der Waals surface area contributed by atoms with Gasteiger partial charge in [-0.1, -0.05) is 42.5 Å². The Morgan fingerprint density at radius 2 is 1.50 bits per heavy atom. The molecule has 1 heterocycles. The predicted molar refractivity (Wildman–Crippen MR) is 79.1 cm³/mol. The van der Waals surface area contributed by atoms with Crippen LogP contribution in [0, 0.1) is 0 Å². The van der Waals surface area contributed by atoms with Crippen LogP contribution in [0.5, 0.6) is 0 Å². The number of rotatable bonds is 4. The maximum absolute atomic E-state index is 5.99. The third-order valence-electron chi connectivity index (χ3n) is 3.66. The summed E-state index contributed by atoms with van der Waals surface area (Å²) in [6.07, 6.45) is 1.54. The van der Waals surface area contributed by atoms with E-state index < -0.39 is 0 Å². The van der Waals surface area contributed by atoms with Crippen molar-refractivity contribution in [2.45, 2.75) is 32.3 Å². The fourth-order valence-electron chi connectivity index (χ4n) is 2.53. The molecule has 20 heavy (non-hydrogen) atoms. The normalized spacial score (nSPS) is 21.4. The van der Waals surface area contributed by atoms with Gasteiger partial charge in [-0.05, 0) is 37.0 Å². The molecule has 0 unspecified atom stereocenters. The molecule has 0 aromatic heterocycles. The molecule has 2 aromatic carbocycles. The zero-order valence-corrected chi connectivity index (χ0v) is 11.6. The lowest BCUT2D eigenvalue weighted by Gasteiger charge is -2.35. The van der Waals surface area contributed by atoms with Crippen molar-refractivity contribution >= 4 is 5.69 Å². The second kappa shape index (κ2) is 5.65. The average Bonchev–Trinajstić information content (AvgIpc) is 2.44. The topological polar surface area (TPSA) is 44.5 Å². The summed E-state index contributed by atoms with van der Waals surface area (Å²) in [5, 5.41) is 0. The average molecular weight is 269 g/mol. The van der Waals surface area contributed by atoms with Crippen molar-refractivity contribution in [3.8, 4) is 0 Å². The molecule has 2 aromatic rings. The van der Waals surface area contributed by atoms with Crippen LogP contribution in [-0.2, 0) is 22.3 Å². The van der Waals surface area contributed by atoms with Gasteiger partial charge in [-0.3, -0.25) is 0 Å². The minimum absolute atomic E-state index is 0.0992. The highest BCUT2D eigenvalue weighted by molar-refractivity contribution is 5.46. The second-order valence-electron chi connectivity index (χ2n) is 5.07. The third-order valence-corrected chi connectivity index (χ3v) is 3.66. The maximum Gasteiger partial charge on any atom is 0.190 e. The molecule has 0 radical (unpaired) electrons. The Labute approximate surface area is 119 Å². The van der Waals surface area contributed by atoms with Crippen molar-refractivity contribution in [3.05, 3.63) is 65.2 Å². The van der Waals surface area contributed by atoms with Gasteiger partial charge in [0.05, 0.1) is 0 Å². The Bertz CT molecular complexity index is 591. The third kappa shape index (κ3) is 2.69. The van der Waals surface area contributed by atoms with E-state index in [0.29, 0.717) is 0 Å².